The Morgan fingerprint density at radius 2 is 2.00 bits per heavy atom. The molecule has 0 bridgehead atoms. The van der Waals surface area contributed by atoms with Gasteiger partial charge in [-0.3, -0.25) is 14.8 Å². The Bertz CT molecular complexity index is 565. The molecule has 132 valence electrons. The third-order valence-electron chi connectivity index (χ3n) is 3.40. The van der Waals surface area contributed by atoms with Crippen LogP contribution in [0.1, 0.15) is 25.5 Å². The van der Waals surface area contributed by atoms with Crippen molar-refractivity contribution < 1.29 is 13.9 Å². The summed E-state index contributed by atoms with van der Waals surface area (Å²) in [7, 11) is 0. The van der Waals surface area contributed by atoms with Crippen LogP contribution in [0.3, 0.4) is 0 Å². The van der Waals surface area contributed by atoms with Crippen molar-refractivity contribution >= 4 is 40.6 Å². The summed E-state index contributed by atoms with van der Waals surface area (Å²) in [6, 6.07) is 3.73. The molecule has 0 unspecified atom stereocenters. The van der Waals surface area contributed by atoms with Gasteiger partial charge in [-0.05, 0) is 49.9 Å². The van der Waals surface area contributed by atoms with Crippen molar-refractivity contribution in [2.24, 2.45) is 0 Å². The van der Waals surface area contributed by atoms with E-state index in [4.69, 9.17) is 33.6 Å². The van der Waals surface area contributed by atoms with Crippen molar-refractivity contribution in [3.8, 4) is 0 Å². The highest BCUT2D eigenvalue weighted by molar-refractivity contribution is 7.80. The summed E-state index contributed by atoms with van der Waals surface area (Å²) in [5.74, 6) is 0.583. The van der Waals surface area contributed by atoms with Crippen LogP contribution in [0.2, 0.25) is 0 Å². The summed E-state index contributed by atoms with van der Waals surface area (Å²) < 4.78 is 10.2. The van der Waals surface area contributed by atoms with Crippen molar-refractivity contribution in [2.45, 2.75) is 26.3 Å². The van der Waals surface area contributed by atoms with E-state index >= 15 is 0 Å². The molecule has 1 aromatic heterocycles. The summed E-state index contributed by atoms with van der Waals surface area (Å²) in [4.78, 5) is 11.3. The lowest BCUT2D eigenvalue weighted by atomic mass is 10.4. The largest absolute Gasteiger partial charge is 0.467 e. The van der Waals surface area contributed by atoms with E-state index in [-0.39, 0.29) is 12.4 Å². The van der Waals surface area contributed by atoms with E-state index in [0.29, 0.717) is 29.9 Å². The van der Waals surface area contributed by atoms with Crippen molar-refractivity contribution in [3.05, 3.63) is 24.2 Å². The highest BCUT2D eigenvalue weighted by Gasteiger charge is 2.26. The van der Waals surface area contributed by atoms with E-state index in [1.807, 2.05) is 22.2 Å². The lowest BCUT2D eigenvalue weighted by molar-refractivity contribution is -0.142. The average molecular weight is 371 g/mol. The monoisotopic (exact) mass is 370 g/mol. The van der Waals surface area contributed by atoms with Gasteiger partial charge in [0.15, 0.2) is 10.2 Å². The Labute approximate surface area is 152 Å². The summed E-state index contributed by atoms with van der Waals surface area (Å²) >= 11 is 10.8. The molecule has 24 heavy (non-hydrogen) atoms. The van der Waals surface area contributed by atoms with Gasteiger partial charge in [0.2, 0.25) is 0 Å². The maximum atomic E-state index is 11.3. The number of rotatable bonds is 6. The molecular weight excluding hydrogens is 348 g/mol. The van der Waals surface area contributed by atoms with Crippen LogP contribution in [0.15, 0.2) is 22.8 Å². The van der Waals surface area contributed by atoms with E-state index in [2.05, 4.69) is 10.6 Å². The van der Waals surface area contributed by atoms with Gasteiger partial charge in [0.25, 0.3) is 0 Å². The second kappa shape index (κ2) is 9.43. The lowest BCUT2D eigenvalue weighted by Gasteiger charge is -2.32. The molecule has 0 aromatic carbocycles. The lowest BCUT2D eigenvalue weighted by Crippen LogP contribution is -2.52. The molecule has 1 fully saturated rings. The number of hydrogen-bond acceptors (Lipinski definition) is 5. The molecule has 0 amide bonds. The molecule has 0 atom stereocenters. The Morgan fingerprint density at radius 1 is 1.29 bits per heavy atom. The van der Waals surface area contributed by atoms with Crippen molar-refractivity contribution in [3.63, 3.8) is 0 Å². The molecule has 1 aliphatic heterocycles. The fourth-order valence-electron chi connectivity index (χ4n) is 2.30. The van der Waals surface area contributed by atoms with Gasteiger partial charge in [0, 0.05) is 19.6 Å². The first-order chi connectivity index (χ1) is 11.6. The van der Waals surface area contributed by atoms with Gasteiger partial charge in [-0.1, -0.05) is 0 Å². The van der Waals surface area contributed by atoms with Crippen LogP contribution >= 0.6 is 24.4 Å². The molecule has 2 N–H and O–H groups in total. The minimum absolute atomic E-state index is 0.235. The quantitative estimate of drug-likeness (QED) is 0.571. The summed E-state index contributed by atoms with van der Waals surface area (Å²) in [6.45, 7) is 4.72. The molecule has 2 heterocycles. The minimum Gasteiger partial charge on any atom is -0.467 e. The predicted octanol–water partition coefficient (Wildman–Crippen LogP) is 1.40. The van der Waals surface area contributed by atoms with Crippen molar-refractivity contribution in [1.82, 2.24) is 20.7 Å². The zero-order chi connectivity index (χ0) is 17.4. The van der Waals surface area contributed by atoms with E-state index in [9.17, 15) is 4.79 Å². The molecule has 2 rings (SSSR count). The van der Waals surface area contributed by atoms with Crippen LogP contribution < -0.4 is 10.6 Å². The SMILES string of the molecule is CCOC(=O)CCNC(=S)N1CCCN1C(=S)NCc1ccco1. The Balaban J connectivity index is 1.77. The smallest absolute Gasteiger partial charge is 0.307 e. The van der Waals surface area contributed by atoms with Crippen LogP contribution in [-0.2, 0) is 16.1 Å². The fourth-order valence-corrected chi connectivity index (χ4v) is 2.85. The molecule has 1 aliphatic rings. The predicted molar refractivity (Wildman–Crippen MR) is 98.0 cm³/mol. The third-order valence-corrected chi connectivity index (χ3v) is 4.11. The molecule has 0 saturated carbocycles. The minimum atomic E-state index is -0.235. The number of ether oxygens (including phenoxy) is 1. The Hall–Kier alpha value is -1.87. The highest BCUT2D eigenvalue weighted by Crippen LogP contribution is 2.11. The Morgan fingerprint density at radius 3 is 2.62 bits per heavy atom. The molecule has 0 radical (unpaired) electrons. The first-order valence-corrected chi connectivity index (χ1v) is 8.72. The van der Waals surface area contributed by atoms with Gasteiger partial charge in [0.1, 0.15) is 5.76 Å². The van der Waals surface area contributed by atoms with Gasteiger partial charge in [-0.2, -0.15) is 0 Å². The molecule has 1 aromatic rings. The number of thiocarbonyl (C=S) groups is 2. The number of esters is 1. The standard InChI is InChI=1S/C15H22N4O3S2/c1-2-21-13(20)6-7-16-14(23)18-8-4-9-19(18)15(24)17-11-12-5-3-10-22-12/h3,5,10H,2,4,6-9,11H2,1H3,(H,16,23)(H,17,24). The molecular formula is C15H22N4O3S2. The third kappa shape index (κ3) is 5.34. The number of carbonyl (C=O) groups is 1. The zero-order valence-corrected chi connectivity index (χ0v) is 15.3. The maximum absolute atomic E-state index is 11.3. The topological polar surface area (TPSA) is 70.0 Å². The van der Waals surface area contributed by atoms with Gasteiger partial charge in [0.05, 0.1) is 25.8 Å². The van der Waals surface area contributed by atoms with Crippen molar-refractivity contribution in [2.75, 3.05) is 26.2 Å². The first-order valence-electron chi connectivity index (χ1n) is 7.90. The molecule has 1 saturated heterocycles. The molecule has 0 spiro atoms. The van der Waals surface area contributed by atoms with Gasteiger partial charge in [-0.15, -0.1) is 0 Å². The highest BCUT2D eigenvalue weighted by atomic mass is 32.1. The number of nitrogens with one attached hydrogen (secondary N) is 2. The number of hydrogen-bond donors (Lipinski definition) is 2. The number of carbonyl (C=O) groups excluding carboxylic acids is 1. The van der Waals surface area contributed by atoms with E-state index < -0.39 is 0 Å². The van der Waals surface area contributed by atoms with Gasteiger partial charge >= 0.3 is 5.97 Å². The summed E-state index contributed by atoms with van der Waals surface area (Å²) in [5, 5.41) is 11.2. The van der Waals surface area contributed by atoms with Crippen LogP contribution in [0.25, 0.3) is 0 Å². The normalized spacial score (nSPS) is 13.7. The van der Waals surface area contributed by atoms with Gasteiger partial charge < -0.3 is 19.8 Å². The van der Waals surface area contributed by atoms with Gasteiger partial charge in [-0.25, -0.2) is 0 Å². The second-order valence-electron chi connectivity index (χ2n) is 5.12. The van der Waals surface area contributed by atoms with Crippen LogP contribution in [-0.4, -0.2) is 52.5 Å². The maximum Gasteiger partial charge on any atom is 0.307 e. The number of furan rings is 1. The first kappa shape index (κ1) is 18.5. The van der Waals surface area contributed by atoms with E-state index in [0.717, 1.165) is 25.3 Å². The molecule has 0 aliphatic carbocycles. The second-order valence-corrected chi connectivity index (χ2v) is 5.90. The fraction of sp³-hybridized carbons (Fsp3) is 0.533. The van der Waals surface area contributed by atoms with Crippen LogP contribution in [0.4, 0.5) is 0 Å². The van der Waals surface area contributed by atoms with Crippen LogP contribution in [0, 0.1) is 0 Å². The van der Waals surface area contributed by atoms with E-state index in [1.165, 1.54) is 0 Å². The molecule has 9 heteroatoms. The van der Waals surface area contributed by atoms with Crippen molar-refractivity contribution in [1.29, 1.82) is 0 Å². The Kier molecular flexibility index (Phi) is 7.26. The summed E-state index contributed by atoms with van der Waals surface area (Å²) in [6.07, 6.45) is 2.87. The zero-order valence-electron chi connectivity index (χ0n) is 13.6. The number of nitrogens with zero attached hydrogens (tertiary/aromatic N) is 2. The summed E-state index contributed by atoms with van der Waals surface area (Å²) in [5.41, 5.74) is 0. The average Bonchev–Trinajstić information content (AvgIpc) is 3.24. The number of hydrazine groups is 1. The molecule has 7 nitrogen and oxygen atoms in total. The van der Waals surface area contributed by atoms with Crippen LogP contribution in [0.5, 0.6) is 0 Å². The van der Waals surface area contributed by atoms with E-state index in [1.54, 1.807) is 13.2 Å².